The normalized spacial score (nSPS) is 21.3. The molecule has 0 aromatic rings. The lowest BCUT2D eigenvalue weighted by Gasteiger charge is -2.33. The van der Waals surface area contributed by atoms with Gasteiger partial charge in [0.15, 0.2) is 0 Å². The number of likely N-dealkylation sites (tertiary alicyclic amines) is 1. The van der Waals surface area contributed by atoms with Crippen molar-refractivity contribution < 1.29 is 23.1 Å². The van der Waals surface area contributed by atoms with E-state index in [-0.39, 0.29) is 13.2 Å². The second-order valence-corrected chi connectivity index (χ2v) is 5.01. The van der Waals surface area contributed by atoms with Crippen LogP contribution < -0.4 is 5.32 Å². The standard InChI is InChI=1S/C12H21F3N2O2/c1-3-11(4-2,8-18)16-9-5-6-17(10(9)19)7-12(13,14)15/h9,16,18H,3-8H2,1-2H3/t9-/m0/s1. The van der Waals surface area contributed by atoms with Crippen LogP contribution in [0.5, 0.6) is 0 Å². The zero-order valence-corrected chi connectivity index (χ0v) is 11.3. The molecule has 0 radical (unpaired) electrons. The molecule has 1 amide bonds. The number of rotatable bonds is 6. The predicted molar refractivity (Wildman–Crippen MR) is 64.6 cm³/mol. The summed E-state index contributed by atoms with van der Waals surface area (Å²) in [4.78, 5) is 12.7. The van der Waals surface area contributed by atoms with Crippen molar-refractivity contribution in [3.63, 3.8) is 0 Å². The minimum Gasteiger partial charge on any atom is -0.394 e. The highest BCUT2D eigenvalue weighted by atomic mass is 19.4. The van der Waals surface area contributed by atoms with E-state index in [1.807, 2.05) is 13.8 Å². The Labute approximate surface area is 111 Å². The highest BCUT2D eigenvalue weighted by Gasteiger charge is 2.41. The first-order chi connectivity index (χ1) is 8.77. The zero-order chi connectivity index (χ0) is 14.7. The van der Waals surface area contributed by atoms with Crippen molar-refractivity contribution in [1.82, 2.24) is 10.2 Å². The van der Waals surface area contributed by atoms with Gasteiger partial charge in [0.2, 0.25) is 5.91 Å². The Balaban J connectivity index is 2.65. The Morgan fingerprint density at radius 3 is 2.37 bits per heavy atom. The number of alkyl halides is 3. The first-order valence-electron chi connectivity index (χ1n) is 6.51. The van der Waals surface area contributed by atoms with Gasteiger partial charge in [-0.25, -0.2) is 0 Å². The molecule has 1 saturated heterocycles. The van der Waals surface area contributed by atoms with E-state index in [1.54, 1.807) is 0 Å². The topological polar surface area (TPSA) is 52.6 Å². The summed E-state index contributed by atoms with van der Waals surface area (Å²) in [5.41, 5.74) is -0.589. The van der Waals surface area contributed by atoms with E-state index in [0.717, 1.165) is 4.90 Å². The number of hydrogen-bond donors (Lipinski definition) is 2. The van der Waals surface area contributed by atoms with Crippen LogP contribution in [0, 0.1) is 0 Å². The van der Waals surface area contributed by atoms with Gasteiger partial charge in [-0.3, -0.25) is 10.1 Å². The quantitative estimate of drug-likeness (QED) is 0.772. The van der Waals surface area contributed by atoms with Crippen LogP contribution in [0.15, 0.2) is 0 Å². The second kappa shape index (κ2) is 6.09. The summed E-state index contributed by atoms with van der Waals surface area (Å²) in [6.45, 7) is 2.52. The van der Waals surface area contributed by atoms with Gasteiger partial charge in [-0.15, -0.1) is 0 Å². The maximum Gasteiger partial charge on any atom is 0.406 e. The van der Waals surface area contributed by atoms with Gasteiger partial charge in [0, 0.05) is 12.1 Å². The monoisotopic (exact) mass is 282 g/mol. The molecule has 0 unspecified atom stereocenters. The summed E-state index contributed by atoms with van der Waals surface area (Å²) in [6, 6.07) is -0.630. The molecular weight excluding hydrogens is 261 g/mol. The molecule has 112 valence electrons. The predicted octanol–water partition coefficient (Wildman–Crippen LogP) is 1.29. The molecule has 0 aromatic carbocycles. The van der Waals surface area contributed by atoms with Gasteiger partial charge < -0.3 is 10.0 Å². The Hall–Kier alpha value is -0.820. The van der Waals surface area contributed by atoms with E-state index in [2.05, 4.69) is 5.32 Å². The number of nitrogens with zero attached hydrogens (tertiary/aromatic N) is 1. The maximum absolute atomic E-state index is 12.3. The van der Waals surface area contributed by atoms with Crippen molar-refractivity contribution in [3.8, 4) is 0 Å². The van der Waals surface area contributed by atoms with E-state index in [4.69, 9.17) is 0 Å². The van der Waals surface area contributed by atoms with E-state index in [1.165, 1.54) is 0 Å². The van der Waals surface area contributed by atoms with Crippen molar-refractivity contribution in [2.45, 2.75) is 50.9 Å². The Morgan fingerprint density at radius 1 is 1.37 bits per heavy atom. The third-order valence-electron chi connectivity index (χ3n) is 3.80. The van der Waals surface area contributed by atoms with Crippen LogP contribution in [0.25, 0.3) is 0 Å². The van der Waals surface area contributed by atoms with Crippen LogP contribution in [-0.4, -0.2) is 53.4 Å². The van der Waals surface area contributed by atoms with Gasteiger partial charge >= 0.3 is 6.18 Å². The SMILES string of the molecule is CCC(CC)(CO)N[C@H]1CCN(CC(F)(F)F)C1=O. The van der Waals surface area contributed by atoms with Gasteiger partial charge in [0.05, 0.1) is 12.6 Å². The summed E-state index contributed by atoms with van der Waals surface area (Å²) in [7, 11) is 0. The number of hydrogen-bond acceptors (Lipinski definition) is 3. The summed E-state index contributed by atoms with van der Waals surface area (Å²) in [6.07, 6.45) is -2.79. The van der Waals surface area contributed by atoms with Gasteiger partial charge in [-0.05, 0) is 19.3 Å². The fraction of sp³-hybridized carbons (Fsp3) is 0.917. The number of nitrogens with one attached hydrogen (secondary N) is 1. The number of aliphatic hydroxyl groups excluding tert-OH is 1. The summed E-state index contributed by atoms with van der Waals surface area (Å²) < 4.78 is 36.9. The minimum absolute atomic E-state index is 0.102. The second-order valence-electron chi connectivity index (χ2n) is 5.01. The van der Waals surface area contributed by atoms with Crippen molar-refractivity contribution in [2.75, 3.05) is 19.7 Å². The average Bonchev–Trinajstić information content (AvgIpc) is 2.66. The lowest BCUT2D eigenvalue weighted by molar-refractivity contribution is -0.158. The Kier molecular flexibility index (Phi) is 5.20. The molecule has 0 aromatic heterocycles. The van der Waals surface area contributed by atoms with E-state index < -0.39 is 30.2 Å². The molecule has 4 nitrogen and oxygen atoms in total. The fourth-order valence-electron chi connectivity index (χ4n) is 2.34. The molecule has 0 bridgehead atoms. The molecule has 1 heterocycles. The van der Waals surface area contributed by atoms with Crippen LogP contribution in [0.2, 0.25) is 0 Å². The van der Waals surface area contributed by atoms with Crippen LogP contribution in [0.3, 0.4) is 0 Å². The van der Waals surface area contributed by atoms with Crippen LogP contribution in [0.4, 0.5) is 13.2 Å². The van der Waals surface area contributed by atoms with Crippen LogP contribution >= 0.6 is 0 Å². The third-order valence-corrected chi connectivity index (χ3v) is 3.80. The minimum atomic E-state index is -4.37. The first-order valence-corrected chi connectivity index (χ1v) is 6.51. The highest BCUT2D eigenvalue weighted by Crippen LogP contribution is 2.23. The van der Waals surface area contributed by atoms with Gasteiger partial charge in [-0.1, -0.05) is 13.8 Å². The van der Waals surface area contributed by atoms with Gasteiger partial charge in [0.25, 0.3) is 0 Å². The average molecular weight is 282 g/mol. The zero-order valence-electron chi connectivity index (χ0n) is 11.3. The lowest BCUT2D eigenvalue weighted by Crippen LogP contribution is -2.55. The molecule has 0 spiro atoms. The lowest BCUT2D eigenvalue weighted by atomic mass is 9.92. The Morgan fingerprint density at radius 2 is 1.95 bits per heavy atom. The highest BCUT2D eigenvalue weighted by molar-refractivity contribution is 5.84. The van der Waals surface area contributed by atoms with E-state index in [0.29, 0.717) is 19.3 Å². The molecule has 19 heavy (non-hydrogen) atoms. The van der Waals surface area contributed by atoms with Crippen molar-refractivity contribution in [1.29, 1.82) is 0 Å². The molecular formula is C12H21F3N2O2. The number of aliphatic hydroxyl groups is 1. The molecule has 7 heteroatoms. The molecule has 0 aliphatic carbocycles. The van der Waals surface area contributed by atoms with Crippen molar-refractivity contribution in [2.24, 2.45) is 0 Å². The summed E-state index contributed by atoms with van der Waals surface area (Å²) in [5, 5.41) is 12.4. The van der Waals surface area contributed by atoms with Gasteiger partial charge in [-0.2, -0.15) is 13.2 Å². The van der Waals surface area contributed by atoms with Gasteiger partial charge in [0.1, 0.15) is 6.54 Å². The van der Waals surface area contributed by atoms with Crippen molar-refractivity contribution in [3.05, 3.63) is 0 Å². The smallest absolute Gasteiger partial charge is 0.394 e. The van der Waals surface area contributed by atoms with E-state index in [9.17, 15) is 23.1 Å². The number of halogens is 3. The molecule has 1 fully saturated rings. The number of carbonyl (C=O) groups excluding carboxylic acids is 1. The van der Waals surface area contributed by atoms with Crippen LogP contribution in [-0.2, 0) is 4.79 Å². The van der Waals surface area contributed by atoms with E-state index >= 15 is 0 Å². The summed E-state index contributed by atoms with van der Waals surface area (Å²) >= 11 is 0. The number of amides is 1. The molecule has 2 N–H and O–H groups in total. The fourth-order valence-corrected chi connectivity index (χ4v) is 2.34. The van der Waals surface area contributed by atoms with Crippen LogP contribution in [0.1, 0.15) is 33.1 Å². The largest absolute Gasteiger partial charge is 0.406 e. The molecule has 1 atom stereocenters. The molecule has 1 rings (SSSR count). The maximum atomic E-state index is 12.3. The number of carbonyl (C=O) groups is 1. The first kappa shape index (κ1) is 16.2. The third kappa shape index (κ3) is 4.07. The summed E-state index contributed by atoms with van der Waals surface area (Å²) in [5.74, 6) is -0.531. The molecule has 1 aliphatic rings. The van der Waals surface area contributed by atoms with Crippen molar-refractivity contribution >= 4 is 5.91 Å². The molecule has 1 aliphatic heterocycles. The Bertz CT molecular complexity index is 308. The molecule has 0 saturated carbocycles.